The quantitative estimate of drug-likeness (QED) is 0.816. The second kappa shape index (κ2) is 6.26. The minimum Gasteiger partial charge on any atom is -0.444 e. The molecule has 0 radical (unpaired) electrons. The number of hydrogen-bond donors (Lipinski definition) is 2. The molecule has 0 saturated heterocycles. The molecule has 0 aliphatic heterocycles. The summed E-state index contributed by atoms with van der Waals surface area (Å²) in [6.07, 6.45) is 5.96. The number of aryl methyl sites for hydroxylation is 1. The lowest BCUT2D eigenvalue weighted by Gasteiger charge is -2.19. The van der Waals surface area contributed by atoms with Crippen LogP contribution in [0.2, 0.25) is 0 Å². The van der Waals surface area contributed by atoms with E-state index in [1.54, 1.807) is 4.68 Å². The van der Waals surface area contributed by atoms with Crippen LogP contribution < -0.4 is 11.1 Å². The number of nitrogen functional groups attached to an aromatic ring is 1. The normalized spacial score (nSPS) is 11.8. The zero-order chi connectivity index (χ0) is 14.5. The lowest BCUT2D eigenvalue weighted by atomic mass is 10.2. The van der Waals surface area contributed by atoms with Crippen molar-refractivity contribution in [1.29, 1.82) is 0 Å². The van der Waals surface area contributed by atoms with Gasteiger partial charge < -0.3 is 15.8 Å². The fourth-order valence-electron chi connectivity index (χ4n) is 1.43. The minimum absolute atomic E-state index is 0.401. The molecule has 1 rings (SSSR count). The molecule has 3 N–H and O–H groups in total. The Morgan fingerprint density at radius 1 is 1.58 bits per heavy atom. The summed E-state index contributed by atoms with van der Waals surface area (Å²) in [5.41, 5.74) is 6.11. The Morgan fingerprint density at radius 2 is 2.26 bits per heavy atom. The molecule has 6 nitrogen and oxygen atoms in total. The van der Waals surface area contributed by atoms with Crippen LogP contribution in [-0.2, 0) is 11.8 Å². The van der Waals surface area contributed by atoms with E-state index in [9.17, 15) is 4.79 Å². The molecule has 0 aliphatic rings. The number of ether oxygens (including phenoxy) is 1. The highest BCUT2D eigenvalue weighted by atomic mass is 16.6. The molecule has 0 saturated carbocycles. The Morgan fingerprint density at radius 3 is 2.79 bits per heavy atom. The summed E-state index contributed by atoms with van der Waals surface area (Å²) in [5.74, 6) is 0.499. The Labute approximate surface area is 113 Å². The fraction of sp³-hybridized carbons (Fsp3) is 0.538. The Bertz CT molecular complexity index is 458. The molecule has 0 aliphatic carbocycles. The molecular weight excluding hydrogens is 244 g/mol. The van der Waals surface area contributed by atoms with Crippen LogP contribution in [0.3, 0.4) is 0 Å². The number of hydrogen-bond acceptors (Lipinski definition) is 4. The first-order chi connectivity index (χ1) is 8.78. The number of rotatable bonds is 4. The highest BCUT2D eigenvalue weighted by molar-refractivity contribution is 5.67. The standard InChI is InChI=1S/C13H22N4O2/c1-13(2,3)19-12(18)15-8-6-5-7-10-9-17(4)16-11(10)14/h5,7,9H,6,8H2,1-4H3,(H2,14,16)(H,15,18). The van der Waals surface area contributed by atoms with Crippen molar-refractivity contribution in [2.45, 2.75) is 32.8 Å². The zero-order valence-corrected chi connectivity index (χ0v) is 11.9. The van der Waals surface area contributed by atoms with E-state index in [0.717, 1.165) is 5.56 Å². The minimum atomic E-state index is -0.468. The van der Waals surface area contributed by atoms with Gasteiger partial charge in [0.15, 0.2) is 5.82 Å². The van der Waals surface area contributed by atoms with Crippen molar-refractivity contribution in [2.75, 3.05) is 12.3 Å². The van der Waals surface area contributed by atoms with Crippen molar-refractivity contribution < 1.29 is 9.53 Å². The van der Waals surface area contributed by atoms with Crippen LogP contribution in [-0.4, -0.2) is 28.0 Å². The molecule has 6 heteroatoms. The first-order valence-electron chi connectivity index (χ1n) is 6.20. The van der Waals surface area contributed by atoms with Gasteiger partial charge in [-0.3, -0.25) is 4.68 Å². The first-order valence-corrected chi connectivity index (χ1v) is 6.20. The lowest BCUT2D eigenvalue weighted by Crippen LogP contribution is -2.32. The number of aromatic nitrogens is 2. The van der Waals surface area contributed by atoms with Crippen LogP contribution in [0.25, 0.3) is 6.08 Å². The van der Waals surface area contributed by atoms with Crippen LogP contribution in [0, 0.1) is 0 Å². The van der Waals surface area contributed by atoms with Crippen molar-refractivity contribution in [2.24, 2.45) is 7.05 Å². The zero-order valence-electron chi connectivity index (χ0n) is 11.9. The largest absolute Gasteiger partial charge is 0.444 e. The van der Waals surface area contributed by atoms with Gasteiger partial charge in [0, 0.05) is 25.4 Å². The second-order valence-corrected chi connectivity index (χ2v) is 5.26. The summed E-state index contributed by atoms with van der Waals surface area (Å²) in [5, 5.41) is 6.71. The third-order valence-electron chi connectivity index (χ3n) is 2.16. The Balaban J connectivity index is 2.28. The van der Waals surface area contributed by atoms with Gasteiger partial charge in [-0.2, -0.15) is 5.10 Å². The van der Waals surface area contributed by atoms with Crippen molar-refractivity contribution in [1.82, 2.24) is 15.1 Å². The summed E-state index contributed by atoms with van der Waals surface area (Å²) in [6, 6.07) is 0. The number of anilines is 1. The van der Waals surface area contributed by atoms with E-state index in [2.05, 4.69) is 10.4 Å². The predicted octanol–water partition coefficient (Wildman–Crippen LogP) is 1.93. The van der Waals surface area contributed by atoms with Gasteiger partial charge in [-0.15, -0.1) is 0 Å². The van der Waals surface area contributed by atoms with E-state index in [1.807, 2.05) is 46.2 Å². The summed E-state index contributed by atoms with van der Waals surface area (Å²) < 4.78 is 6.78. The number of alkyl carbamates (subject to hydrolysis) is 1. The maximum atomic E-state index is 11.4. The smallest absolute Gasteiger partial charge is 0.407 e. The van der Waals surface area contributed by atoms with Gasteiger partial charge in [0.2, 0.25) is 0 Å². The molecule has 0 atom stereocenters. The molecule has 1 aromatic heterocycles. The Kier molecular flexibility index (Phi) is 4.97. The Hall–Kier alpha value is -1.98. The van der Waals surface area contributed by atoms with Crippen LogP contribution >= 0.6 is 0 Å². The van der Waals surface area contributed by atoms with Crippen molar-refractivity contribution >= 4 is 18.0 Å². The number of nitrogens with one attached hydrogen (secondary N) is 1. The molecule has 0 bridgehead atoms. The average Bonchev–Trinajstić information content (AvgIpc) is 2.54. The van der Waals surface area contributed by atoms with E-state index in [-0.39, 0.29) is 0 Å². The third kappa shape index (κ3) is 5.94. The van der Waals surface area contributed by atoms with Gasteiger partial charge in [-0.25, -0.2) is 4.79 Å². The molecule has 1 heterocycles. The van der Waals surface area contributed by atoms with Gasteiger partial charge in [0.05, 0.1) is 0 Å². The fourth-order valence-corrected chi connectivity index (χ4v) is 1.43. The number of carbonyl (C=O) groups excluding carboxylic acids is 1. The van der Waals surface area contributed by atoms with Gasteiger partial charge in [0.25, 0.3) is 0 Å². The van der Waals surface area contributed by atoms with Crippen molar-refractivity contribution in [3.8, 4) is 0 Å². The van der Waals surface area contributed by atoms with E-state index in [1.165, 1.54) is 0 Å². The molecule has 106 valence electrons. The maximum Gasteiger partial charge on any atom is 0.407 e. The van der Waals surface area contributed by atoms with Crippen molar-refractivity contribution in [3.05, 3.63) is 17.8 Å². The number of amides is 1. The number of carbonyl (C=O) groups is 1. The van der Waals surface area contributed by atoms with Gasteiger partial charge >= 0.3 is 6.09 Å². The highest BCUT2D eigenvalue weighted by Gasteiger charge is 2.15. The molecule has 1 aromatic rings. The van der Waals surface area contributed by atoms with E-state index in [0.29, 0.717) is 18.8 Å². The van der Waals surface area contributed by atoms with Crippen LogP contribution in [0.5, 0.6) is 0 Å². The number of nitrogens with zero attached hydrogens (tertiary/aromatic N) is 2. The average molecular weight is 266 g/mol. The highest BCUT2D eigenvalue weighted by Crippen LogP contribution is 2.10. The van der Waals surface area contributed by atoms with Crippen LogP contribution in [0.1, 0.15) is 32.8 Å². The van der Waals surface area contributed by atoms with Gasteiger partial charge in [-0.05, 0) is 27.2 Å². The second-order valence-electron chi connectivity index (χ2n) is 5.26. The summed E-state index contributed by atoms with van der Waals surface area (Å²) in [4.78, 5) is 11.4. The SMILES string of the molecule is Cn1cc(C=CCCNC(=O)OC(C)(C)C)c(N)n1. The maximum absolute atomic E-state index is 11.4. The molecule has 1 amide bonds. The van der Waals surface area contributed by atoms with Crippen LogP contribution in [0.4, 0.5) is 10.6 Å². The lowest BCUT2D eigenvalue weighted by molar-refractivity contribution is 0.0529. The summed E-state index contributed by atoms with van der Waals surface area (Å²) >= 11 is 0. The summed E-state index contributed by atoms with van der Waals surface area (Å²) in [7, 11) is 1.82. The van der Waals surface area contributed by atoms with Crippen LogP contribution in [0.15, 0.2) is 12.3 Å². The first kappa shape index (κ1) is 15.1. The van der Waals surface area contributed by atoms with Gasteiger partial charge in [-0.1, -0.05) is 12.2 Å². The summed E-state index contributed by atoms with van der Waals surface area (Å²) in [6.45, 7) is 6.01. The van der Waals surface area contributed by atoms with E-state index >= 15 is 0 Å². The molecule has 0 spiro atoms. The van der Waals surface area contributed by atoms with E-state index in [4.69, 9.17) is 10.5 Å². The topological polar surface area (TPSA) is 82.2 Å². The van der Waals surface area contributed by atoms with E-state index < -0.39 is 11.7 Å². The molecule has 0 aromatic carbocycles. The van der Waals surface area contributed by atoms with Gasteiger partial charge in [0.1, 0.15) is 5.60 Å². The predicted molar refractivity (Wildman–Crippen MR) is 75.5 cm³/mol. The molecule has 19 heavy (non-hydrogen) atoms. The molecular formula is C13H22N4O2. The molecule has 0 fully saturated rings. The number of nitrogens with two attached hydrogens (primary N) is 1. The monoisotopic (exact) mass is 266 g/mol. The van der Waals surface area contributed by atoms with Crippen molar-refractivity contribution in [3.63, 3.8) is 0 Å². The third-order valence-corrected chi connectivity index (χ3v) is 2.16. The molecule has 0 unspecified atom stereocenters.